The van der Waals surface area contributed by atoms with Gasteiger partial charge >= 0.3 is 6.09 Å². The molecule has 1 aliphatic rings. The summed E-state index contributed by atoms with van der Waals surface area (Å²) < 4.78 is 7.18. The number of aryl methyl sites for hydroxylation is 1. The van der Waals surface area contributed by atoms with Crippen LogP contribution in [0.15, 0.2) is 55.0 Å². The summed E-state index contributed by atoms with van der Waals surface area (Å²) in [5.41, 5.74) is 4.73. The molecule has 0 spiro atoms. The van der Waals surface area contributed by atoms with Crippen molar-refractivity contribution < 1.29 is 14.3 Å². The van der Waals surface area contributed by atoms with Gasteiger partial charge in [-0.15, -0.1) is 0 Å². The molecule has 180 valence electrons. The van der Waals surface area contributed by atoms with Crippen LogP contribution in [-0.2, 0) is 11.3 Å². The minimum absolute atomic E-state index is 0.0262. The summed E-state index contributed by atoms with van der Waals surface area (Å²) in [5, 5.41) is 14.3. The molecule has 2 N–H and O–H groups in total. The maximum Gasteiger partial charge on any atom is 0.419 e. The lowest BCUT2D eigenvalue weighted by Gasteiger charge is -2.11. The molecule has 0 aliphatic heterocycles. The Morgan fingerprint density at radius 3 is 2.81 bits per heavy atom. The Kier molecular flexibility index (Phi) is 6.28. The van der Waals surface area contributed by atoms with Crippen molar-refractivity contribution in [3.63, 3.8) is 0 Å². The first kappa shape index (κ1) is 23.0. The van der Waals surface area contributed by atoms with E-state index in [0.29, 0.717) is 36.0 Å². The molecule has 1 saturated carbocycles. The monoisotopic (exact) mass is 481 g/mol. The number of imidazole rings is 1. The molecule has 0 saturated heterocycles. The van der Waals surface area contributed by atoms with E-state index in [1.54, 1.807) is 13.4 Å². The number of ether oxygens (including phenoxy) is 1. The van der Waals surface area contributed by atoms with Crippen molar-refractivity contribution in [1.29, 1.82) is 5.26 Å². The van der Waals surface area contributed by atoms with Crippen molar-refractivity contribution in [1.82, 2.24) is 24.8 Å². The number of nitrogens with zero attached hydrogens (tertiary/aromatic N) is 5. The normalized spacial score (nSPS) is 12.7. The number of rotatable bonds is 7. The van der Waals surface area contributed by atoms with Crippen LogP contribution in [0, 0.1) is 11.3 Å². The molecule has 0 radical (unpaired) electrons. The number of hydrogen-bond donors (Lipinski definition) is 2. The molecule has 3 aromatic heterocycles. The molecule has 1 fully saturated rings. The van der Waals surface area contributed by atoms with Gasteiger partial charge in [-0.2, -0.15) is 5.26 Å². The van der Waals surface area contributed by atoms with E-state index in [0.717, 1.165) is 35.0 Å². The number of amides is 2. The molecule has 0 bridgehead atoms. The van der Waals surface area contributed by atoms with Crippen molar-refractivity contribution in [3.8, 4) is 23.2 Å². The number of carbonyl (C=O) groups excluding carboxylic acids is 2. The average Bonchev–Trinajstić information content (AvgIpc) is 3.67. The zero-order valence-electron chi connectivity index (χ0n) is 19.6. The van der Waals surface area contributed by atoms with Crippen LogP contribution in [0.4, 0.5) is 10.6 Å². The quantitative estimate of drug-likeness (QED) is 0.407. The molecule has 5 rings (SSSR count). The second kappa shape index (κ2) is 9.84. The van der Waals surface area contributed by atoms with E-state index in [9.17, 15) is 9.59 Å². The van der Waals surface area contributed by atoms with Crippen LogP contribution >= 0.6 is 0 Å². The Hall–Kier alpha value is -4.78. The lowest BCUT2D eigenvalue weighted by Crippen LogP contribution is -2.19. The van der Waals surface area contributed by atoms with Gasteiger partial charge in [0.25, 0.3) is 0 Å². The molecular formula is C26H23N7O3. The van der Waals surface area contributed by atoms with Crippen molar-refractivity contribution in [2.45, 2.75) is 31.7 Å². The Labute approximate surface area is 207 Å². The molecule has 4 aromatic rings. The van der Waals surface area contributed by atoms with Gasteiger partial charge in [0.15, 0.2) is 0 Å². The number of nitrogens with one attached hydrogen (secondary N) is 2. The minimum atomic E-state index is -0.741. The number of aromatic nitrogens is 4. The van der Waals surface area contributed by atoms with E-state index in [1.165, 1.54) is 18.3 Å². The number of benzene rings is 1. The van der Waals surface area contributed by atoms with Crippen LogP contribution < -0.4 is 15.4 Å². The van der Waals surface area contributed by atoms with Crippen LogP contribution in [0.3, 0.4) is 0 Å². The fourth-order valence-corrected chi connectivity index (χ4v) is 3.92. The van der Waals surface area contributed by atoms with Crippen molar-refractivity contribution in [2.24, 2.45) is 0 Å². The third-order valence-corrected chi connectivity index (χ3v) is 5.96. The highest BCUT2D eigenvalue weighted by atomic mass is 16.6. The van der Waals surface area contributed by atoms with Crippen LogP contribution in [0.1, 0.15) is 36.3 Å². The predicted octanol–water partition coefficient (Wildman–Crippen LogP) is 3.99. The number of carbonyl (C=O) groups is 2. The predicted molar refractivity (Wildman–Crippen MR) is 132 cm³/mol. The number of pyridine rings is 2. The molecule has 10 heteroatoms. The summed E-state index contributed by atoms with van der Waals surface area (Å²) >= 11 is 0. The summed E-state index contributed by atoms with van der Waals surface area (Å²) in [4.78, 5) is 37.2. The van der Waals surface area contributed by atoms with Gasteiger partial charge in [-0.1, -0.05) is 6.07 Å². The highest BCUT2D eigenvalue weighted by Gasteiger charge is 2.25. The molecular weight excluding hydrogens is 458 g/mol. The van der Waals surface area contributed by atoms with E-state index >= 15 is 0 Å². The summed E-state index contributed by atoms with van der Waals surface area (Å²) in [6.07, 6.45) is 4.94. The molecule has 0 unspecified atom stereocenters. The topological polar surface area (TPSA) is 135 Å². The van der Waals surface area contributed by atoms with E-state index in [1.807, 2.05) is 41.0 Å². The van der Waals surface area contributed by atoms with Crippen LogP contribution in [0.5, 0.6) is 5.88 Å². The van der Waals surface area contributed by atoms with E-state index < -0.39 is 6.09 Å². The van der Waals surface area contributed by atoms with E-state index in [4.69, 9.17) is 10.00 Å². The molecule has 0 atom stereocenters. The largest absolute Gasteiger partial charge is 0.419 e. The molecule has 36 heavy (non-hydrogen) atoms. The number of fused-ring (bicyclic) bond motifs is 1. The zero-order chi connectivity index (χ0) is 25.1. The lowest BCUT2D eigenvalue weighted by atomic mass is 10.1. The fourth-order valence-electron chi connectivity index (χ4n) is 3.92. The zero-order valence-corrected chi connectivity index (χ0v) is 19.6. The van der Waals surface area contributed by atoms with Gasteiger partial charge in [0.2, 0.25) is 11.8 Å². The fraction of sp³-hybridized carbons (Fsp3) is 0.231. The van der Waals surface area contributed by atoms with Gasteiger partial charge in [0, 0.05) is 37.8 Å². The number of anilines is 1. The average molecular weight is 482 g/mol. The van der Waals surface area contributed by atoms with Gasteiger partial charge in [-0.3, -0.25) is 10.1 Å². The second-order valence-electron chi connectivity index (χ2n) is 8.52. The molecule has 1 aliphatic carbocycles. The first-order valence-corrected chi connectivity index (χ1v) is 11.5. The third-order valence-electron chi connectivity index (χ3n) is 5.96. The van der Waals surface area contributed by atoms with Gasteiger partial charge in [0.05, 0.1) is 34.7 Å². The van der Waals surface area contributed by atoms with Crippen LogP contribution in [0.2, 0.25) is 0 Å². The Balaban J connectivity index is 1.38. The molecule has 1 aromatic carbocycles. The van der Waals surface area contributed by atoms with Gasteiger partial charge in [0.1, 0.15) is 5.82 Å². The van der Waals surface area contributed by atoms with Crippen molar-refractivity contribution in [2.75, 3.05) is 12.4 Å². The van der Waals surface area contributed by atoms with Crippen molar-refractivity contribution in [3.05, 3.63) is 66.1 Å². The summed E-state index contributed by atoms with van der Waals surface area (Å²) in [7, 11) is 1.62. The molecule has 2 amide bonds. The lowest BCUT2D eigenvalue weighted by molar-refractivity contribution is -0.120. The minimum Gasteiger partial charge on any atom is -0.391 e. The Bertz CT molecular complexity index is 1500. The Morgan fingerprint density at radius 1 is 1.17 bits per heavy atom. The first-order chi connectivity index (χ1) is 17.5. The number of nitriles is 1. The van der Waals surface area contributed by atoms with Gasteiger partial charge < -0.3 is 14.6 Å². The molecule has 10 nitrogen and oxygen atoms in total. The smallest absolute Gasteiger partial charge is 0.391 e. The van der Waals surface area contributed by atoms with Crippen LogP contribution in [-0.4, -0.2) is 38.6 Å². The first-order valence-electron chi connectivity index (χ1n) is 11.5. The SMILES string of the molecule is CNC(=O)CCn1cnc2cc(-c3cc(C4CC4)cc(NC(=O)Oc4cc(C#N)ccn4)n3)ccc21. The summed E-state index contributed by atoms with van der Waals surface area (Å²) in [5.74, 6) is 0.807. The van der Waals surface area contributed by atoms with Gasteiger partial charge in [-0.25, -0.2) is 19.7 Å². The summed E-state index contributed by atoms with van der Waals surface area (Å²) in [6, 6.07) is 14.7. The maximum absolute atomic E-state index is 12.5. The number of hydrogen-bond acceptors (Lipinski definition) is 7. The maximum atomic E-state index is 12.5. The second-order valence-corrected chi connectivity index (χ2v) is 8.52. The van der Waals surface area contributed by atoms with Gasteiger partial charge in [-0.05, 0) is 54.7 Å². The van der Waals surface area contributed by atoms with E-state index in [-0.39, 0.29) is 11.8 Å². The molecule has 3 heterocycles. The highest BCUT2D eigenvalue weighted by molar-refractivity contribution is 5.86. The van der Waals surface area contributed by atoms with Crippen LogP contribution in [0.25, 0.3) is 22.3 Å². The standard InChI is InChI=1S/C26H23N7O3/c1-28-24(34)7-9-33-15-30-21-11-18(4-5-22(21)33)20-12-19(17-2-3-17)13-23(31-20)32-26(35)36-25-10-16(14-27)6-8-29-25/h4-6,8,10-13,15,17H,2-3,7,9H2,1H3,(H,28,34)(H,31,32,35). The van der Waals surface area contributed by atoms with Crippen molar-refractivity contribution >= 4 is 28.9 Å². The summed E-state index contributed by atoms with van der Waals surface area (Å²) in [6.45, 7) is 0.535. The highest BCUT2D eigenvalue weighted by Crippen LogP contribution is 2.42. The van der Waals surface area contributed by atoms with E-state index in [2.05, 4.69) is 25.6 Å². The third kappa shape index (κ3) is 5.15. The Morgan fingerprint density at radius 2 is 2.03 bits per heavy atom.